The van der Waals surface area contributed by atoms with Crippen LogP contribution in [-0.2, 0) is 28.5 Å². The highest BCUT2D eigenvalue weighted by atomic mass is 16.8. The minimum atomic E-state index is -0.958. The summed E-state index contributed by atoms with van der Waals surface area (Å²) in [5, 5.41) is 0. The number of rotatable bonds is 8. The van der Waals surface area contributed by atoms with E-state index in [9.17, 15) is 9.59 Å². The minimum absolute atomic E-state index is 0.176. The molecule has 0 saturated carbocycles. The molecule has 0 aromatic heterocycles. The number of nitrogens with zero attached hydrogens (tertiary/aromatic N) is 2. The van der Waals surface area contributed by atoms with Gasteiger partial charge in [-0.25, -0.2) is 0 Å². The van der Waals surface area contributed by atoms with E-state index in [1.54, 1.807) is 48.3 Å². The minimum Gasteiger partial charge on any atom is -0.497 e. The first-order valence-corrected chi connectivity index (χ1v) is 12.1. The van der Waals surface area contributed by atoms with Crippen LogP contribution in [0.1, 0.15) is 13.8 Å². The van der Waals surface area contributed by atoms with Gasteiger partial charge >= 0.3 is 0 Å². The molecule has 10 nitrogen and oxygen atoms in total. The van der Waals surface area contributed by atoms with Gasteiger partial charge in [0.1, 0.15) is 35.8 Å². The first-order valence-electron chi connectivity index (χ1n) is 12.1. The van der Waals surface area contributed by atoms with Gasteiger partial charge in [-0.1, -0.05) is 0 Å². The Balaban J connectivity index is 1.50. The Morgan fingerprint density at radius 2 is 1.00 bits per heavy atom. The molecule has 2 aromatic carbocycles. The van der Waals surface area contributed by atoms with Crippen LogP contribution < -0.4 is 19.3 Å². The number of methoxy groups -OCH3 is 4. The average molecular weight is 513 g/mol. The summed E-state index contributed by atoms with van der Waals surface area (Å²) in [4.78, 5) is 29.6. The molecule has 5 rings (SSSR count). The molecule has 0 radical (unpaired) electrons. The molecular weight excluding hydrogens is 480 g/mol. The SMILES string of the molecule is COc1ccc(N2C(=O)[C@@H](OC)[C@H]2[C@@H]2OC(C)(C)O[C@H]2[C@H]2[C@@H](OC)C(=O)N2c2ccc(OC)cc2)cc1. The van der Waals surface area contributed by atoms with Gasteiger partial charge in [0.2, 0.25) is 0 Å². The zero-order chi connectivity index (χ0) is 26.5. The van der Waals surface area contributed by atoms with Crippen LogP contribution in [-0.4, -0.2) is 82.5 Å². The van der Waals surface area contributed by atoms with Crippen molar-refractivity contribution in [1.29, 1.82) is 0 Å². The van der Waals surface area contributed by atoms with Crippen molar-refractivity contribution in [2.45, 2.75) is 56.1 Å². The third kappa shape index (κ3) is 4.14. The fraction of sp³-hybridized carbons (Fsp3) is 0.481. The second-order valence-electron chi connectivity index (χ2n) is 9.67. The molecule has 3 saturated heterocycles. The number of ether oxygens (including phenoxy) is 6. The number of carbonyl (C=O) groups is 2. The third-order valence-corrected chi connectivity index (χ3v) is 7.22. The Morgan fingerprint density at radius 3 is 1.30 bits per heavy atom. The van der Waals surface area contributed by atoms with Gasteiger partial charge in [0.15, 0.2) is 18.0 Å². The molecule has 0 aliphatic carbocycles. The number of β-lactam (4-membered cyclic amide) rings is 2. The maximum Gasteiger partial charge on any atom is 0.258 e. The quantitative estimate of drug-likeness (QED) is 0.498. The molecule has 6 atom stereocenters. The molecule has 3 aliphatic heterocycles. The predicted molar refractivity (Wildman–Crippen MR) is 134 cm³/mol. The lowest BCUT2D eigenvalue weighted by molar-refractivity contribution is -0.166. The molecule has 0 unspecified atom stereocenters. The van der Waals surface area contributed by atoms with E-state index in [1.165, 1.54) is 14.2 Å². The molecular formula is C27H32N2O8. The van der Waals surface area contributed by atoms with E-state index in [1.807, 2.05) is 38.1 Å². The summed E-state index contributed by atoms with van der Waals surface area (Å²) in [5.41, 5.74) is 1.38. The molecule has 0 bridgehead atoms. The number of anilines is 2. The molecule has 3 aliphatic rings. The van der Waals surface area contributed by atoms with Crippen molar-refractivity contribution in [2.75, 3.05) is 38.2 Å². The number of amides is 2. The van der Waals surface area contributed by atoms with Gasteiger partial charge in [-0.2, -0.15) is 0 Å². The molecule has 37 heavy (non-hydrogen) atoms. The summed E-state index contributed by atoms with van der Waals surface area (Å²) in [6.45, 7) is 3.64. The van der Waals surface area contributed by atoms with Crippen LogP contribution in [0.25, 0.3) is 0 Å². The maximum absolute atomic E-state index is 13.1. The molecule has 2 amide bonds. The standard InChI is InChI=1S/C27H32N2O8/c1-27(2)36-21(19-23(34-5)25(30)28(19)15-7-11-17(32-3)12-8-15)22(37-27)20-24(35-6)26(31)29(20)16-9-13-18(33-4)14-10-16/h7-14,19-24H,1-6H3/t19-,20+,21-,22-,23+,24-/m0/s1. The lowest BCUT2D eigenvalue weighted by atomic mass is 9.81. The Bertz CT molecular complexity index is 1060. The Morgan fingerprint density at radius 1 is 0.649 bits per heavy atom. The molecule has 3 heterocycles. The molecule has 198 valence electrons. The first kappa shape index (κ1) is 25.5. The van der Waals surface area contributed by atoms with E-state index in [0.717, 1.165) is 0 Å². The Kier molecular flexibility index (Phi) is 6.61. The van der Waals surface area contributed by atoms with Gasteiger partial charge in [-0.15, -0.1) is 0 Å². The first-order chi connectivity index (χ1) is 17.7. The van der Waals surface area contributed by atoms with E-state index in [2.05, 4.69) is 0 Å². The van der Waals surface area contributed by atoms with Gasteiger partial charge in [-0.3, -0.25) is 9.59 Å². The highest BCUT2D eigenvalue weighted by Gasteiger charge is 2.65. The van der Waals surface area contributed by atoms with Crippen LogP contribution >= 0.6 is 0 Å². The highest BCUT2D eigenvalue weighted by Crippen LogP contribution is 2.45. The van der Waals surface area contributed by atoms with Crippen molar-refractivity contribution < 1.29 is 38.0 Å². The van der Waals surface area contributed by atoms with Crippen LogP contribution in [0.5, 0.6) is 11.5 Å². The fourth-order valence-electron chi connectivity index (χ4n) is 5.52. The number of carbonyl (C=O) groups excluding carboxylic acids is 2. The van der Waals surface area contributed by atoms with Crippen LogP contribution in [0.2, 0.25) is 0 Å². The van der Waals surface area contributed by atoms with Gasteiger partial charge in [0.05, 0.1) is 14.2 Å². The van der Waals surface area contributed by atoms with E-state index in [0.29, 0.717) is 22.9 Å². The molecule has 10 heteroatoms. The van der Waals surface area contributed by atoms with Gasteiger partial charge in [0.25, 0.3) is 11.8 Å². The van der Waals surface area contributed by atoms with Crippen LogP contribution in [0, 0.1) is 0 Å². The van der Waals surface area contributed by atoms with Crippen molar-refractivity contribution in [3.05, 3.63) is 48.5 Å². The van der Waals surface area contributed by atoms with Gasteiger partial charge in [-0.05, 0) is 62.4 Å². The van der Waals surface area contributed by atoms with Crippen molar-refractivity contribution >= 4 is 23.2 Å². The van der Waals surface area contributed by atoms with Crippen LogP contribution in [0.4, 0.5) is 11.4 Å². The summed E-state index contributed by atoms with van der Waals surface area (Å²) < 4.78 is 34.6. The van der Waals surface area contributed by atoms with Crippen molar-refractivity contribution in [3.8, 4) is 11.5 Å². The number of benzene rings is 2. The lowest BCUT2D eigenvalue weighted by Gasteiger charge is -2.53. The van der Waals surface area contributed by atoms with E-state index >= 15 is 0 Å². The summed E-state index contributed by atoms with van der Waals surface area (Å²) in [7, 11) is 6.19. The van der Waals surface area contributed by atoms with Gasteiger partial charge < -0.3 is 38.2 Å². The second kappa shape index (κ2) is 9.60. The third-order valence-electron chi connectivity index (χ3n) is 7.22. The summed E-state index contributed by atoms with van der Waals surface area (Å²) in [5.74, 6) is 0.0546. The molecule has 3 fully saturated rings. The number of hydrogen-bond acceptors (Lipinski definition) is 8. The van der Waals surface area contributed by atoms with E-state index in [-0.39, 0.29) is 11.8 Å². The smallest absolute Gasteiger partial charge is 0.258 e. The monoisotopic (exact) mass is 512 g/mol. The molecule has 2 aromatic rings. The van der Waals surface area contributed by atoms with Crippen LogP contribution in [0.3, 0.4) is 0 Å². The molecule has 0 spiro atoms. The fourth-order valence-corrected chi connectivity index (χ4v) is 5.52. The second-order valence-corrected chi connectivity index (χ2v) is 9.67. The summed E-state index contributed by atoms with van der Waals surface area (Å²) in [6, 6.07) is 13.5. The summed E-state index contributed by atoms with van der Waals surface area (Å²) in [6.07, 6.45) is -2.65. The topological polar surface area (TPSA) is 96.0 Å². The van der Waals surface area contributed by atoms with Crippen molar-refractivity contribution in [3.63, 3.8) is 0 Å². The van der Waals surface area contributed by atoms with E-state index in [4.69, 9.17) is 28.4 Å². The Hall–Kier alpha value is -3.18. The van der Waals surface area contributed by atoms with Gasteiger partial charge in [0, 0.05) is 25.6 Å². The number of hydrogen-bond donors (Lipinski definition) is 0. The normalized spacial score (nSPS) is 30.6. The zero-order valence-corrected chi connectivity index (χ0v) is 21.7. The molecule has 0 N–H and O–H groups in total. The van der Waals surface area contributed by atoms with Crippen molar-refractivity contribution in [2.24, 2.45) is 0 Å². The predicted octanol–water partition coefficient (Wildman–Crippen LogP) is 2.38. The zero-order valence-electron chi connectivity index (χ0n) is 21.7. The lowest BCUT2D eigenvalue weighted by Crippen LogP contribution is -2.76. The largest absolute Gasteiger partial charge is 0.497 e. The van der Waals surface area contributed by atoms with Crippen molar-refractivity contribution in [1.82, 2.24) is 0 Å². The van der Waals surface area contributed by atoms with Crippen LogP contribution in [0.15, 0.2) is 48.5 Å². The summed E-state index contributed by atoms with van der Waals surface area (Å²) >= 11 is 0. The highest BCUT2D eigenvalue weighted by molar-refractivity contribution is 6.06. The maximum atomic E-state index is 13.1. The van der Waals surface area contributed by atoms with E-state index < -0.39 is 42.3 Å². The Labute approximate surface area is 215 Å². The average Bonchev–Trinajstić information content (AvgIpc) is 3.20.